The first kappa shape index (κ1) is 18.7. The number of hydrogen-bond acceptors (Lipinski definition) is 5. The van der Waals surface area contributed by atoms with Crippen molar-refractivity contribution in [3.63, 3.8) is 0 Å². The standard InChI is InChI=1S/C20H22ClN5O2/c1-12(2)16-11-17(28-25-16)20(27)22-13-7-8-15(21)14(10-13)19-24-23-18-6-4-3-5-9-26(18)19/h7-8,10-12H,3-6,9H2,1-2H3,(H,22,27). The molecule has 0 unspecified atom stereocenters. The Kier molecular flexibility index (Phi) is 5.17. The fourth-order valence-electron chi connectivity index (χ4n) is 3.32. The van der Waals surface area contributed by atoms with Crippen LogP contribution in [0.5, 0.6) is 0 Å². The van der Waals surface area contributed by atoms with Crippen LogP contribution in [0.2, 0.25) is 5.02 Å². The average Bonchev–Trinajstić information content (AvgIpc) is 3.26. The first-order valence-corrected chi connectivity index (χ1v) is 9.90. The Balaban J connectivity index is 1.61. The number of hydrogen-bond donors (Lipinski definition) is 1. The first-order valence-electron chi connectivity index (χ1n) is 9.53. The Morgan fingerprint density at radius 3 is 2.86 bits per heavy atom. The summed E-state index contributed by atoms with van der Waals surface area (Å²) >= 11 is 6.44. The van der Waals surface area contributed by atoms with Gasteiger partial charge in [0.2, 0.25) is 5.76 Å². The number of halogens is 1. The van der Waals surface area contributed by atoms with Gasteiger partial charge in [-0.2, -0.15) is 0 Å². The summed E-state index contributed by atoms with van der Waals surface area (Å²) < 4.78 is 7.29. The highest BCUT2D eigenvalue weighted by Crippen LogP contribution is 2.31. The van der Waals surface area contributed by atoms with Crippen LogP contribution >= 0.6 is 11.6 Å². The van der Waals surface area contributed by atoms with Crippen LogP contribution in [-0.4, -0.2) is 25.8 Å². The van der Waals surface area contributed by atoms with Gasteiger partial charge in [-0.3, -0.25) is 4.79 Å². The zero-order valence-electron chi connectivity index (χ0n) is 15.9. The maximum absolute atomic E-state index is 12.5. The van der Waals surface area contributed by atoms with E-state index in [1.807, 2.05) is 19.9 Å². The molecule has 0 bridgehead atoms. The molecule has 2 aromatic heterocycles. The summed E-state index contributed by atoms with van der Waals surface area (Å²) in [5.74, 6) is 1.74. The summed E-state index contributed by atoms with van der Waals surface area (Å²) in [5.41, 5.74) is 2.10. The summed E-state index contributed by atoms with van der Waals surface area (Å²) in [4.78, 5) is 12.5. The number of nitrogens with one attached hydrogen (secondary N) is 1. The Morgan fingerprint density at radius 1 is 1.21 bits per heavy atom. The van der Waals surface area contributed by atoms with Crippen LogP contribution in [0, 0.1) is 0 Å². The number of carbonyl (C=O) groups is 1. The monoisotopic (exact) mass is 399 g/mol. The zero-order chi connectivity index (χ0) is 19.7. The van der Waals surface area contributed by atoms with Crippen molar-refractivity contribution < 1.29 is 9.32 Å². The van der Waals surface area contributed by atoms with E-state index in [1.165, 1.54) is 6.42 Å². The molecule has 0 spiro atoms. The highest BCUT2D eigenvalue weighted by Gasteiger charge is 2.20. The molecular weight excluding hydrogens is 378 g/mol. The van der Waals surface area contributed by atoms with Gasteiger partial charge in [0, 0.05) is 30.3 Å². The van der Waals surface area contributed by atoms with Gasteiger partial charge in [-0.25, -0.2) is 0 Å². The second kappa shape index (κ2) is 7.75. The van der Waals surface area contributed by atoms with Crippen molar-refractivity contribution in [1.82, 2.24) is 19.9 Å². The molecule has 3 heterocycles. The highest BCUT2D eigenvalue weighted by molar-refractivity contribution is 6.33. The van der Waals surface area contributed by atoms with E-state index >= 15 is 0 Å². The molecule has 1 aromatic carbocycles. The topological polar surface area (TPSA) is 85.8 Å². The van der Waals surface area contributed by atoms with Crippen molar-refractivity contribution in [2.24, 2.45) is 0 Å². The number of nitrogens with zero attached hydrogens (tertiary/aromatic N) is 4. The first-order chi connectivity index (χ1) is 13.5. The Hall–Kier alpha value is -2.67. The number of benzene rings is 1. The predicted octanol–water partition coefficient (Wildman–Crippen LogP) is 4.69. The van der Waals surface area contributed by atoms with Gasteiger partial charge in [0.1, 0.15) is 5.82 Å². The van der Waals surface area contributed by atoms with Crippen molar-refractivity contribution in [1.29, 1.82) is 0 Å². The van der Waals surface area contributed by atoms with E-state index in [2.05, 4.69) is 25.2 Å². The molecule has 1 N–H and O–H groups in total. The average molecular weight is 400 g/mol. The van der Waals surface area contributed by atoms with Gasteiger partial charge in [-0.15, -0.1) is 10.2 Å². The third-order valence-corrected chi connectivity index (χ3v) is 5.25. The SMILES string of the molecule is CC(C)c1cc(C(=O)Nc2ccc(Cl)c(-c3nnc4n3CCCCC4)c2)on1. The molecule has 7 nitrogen and oxygen atoms in total. The summed E-state index contributed by atoms with van der Waals surface area (Å²) in [6.45, 7) is 4.86. The molecule has 28 heavy (non-hydrogen) atoms. The predicted molar refractivity (Wildman–Crippen MR) is 107 cm³/mol. The Bertz CT molecular complexity index is 1010. The van der Waals surface area contributed by atoms with Crippen LogP contribution in [0.1, 0.15) is 61.1 Å². The summed E-state index contributed by atoms with van der Waals surface area (Å²) in [6, 6.07) is 6.99. The van der Waals surface area contributed by atoms with Gasteiger partial charge in [-0.05, 0) is 37.0 Å². The van der Waals surface area contributed by atoms with E-state index in [-0.39, 0.29) is 17.6 Å². The minimum absolute atomic E-state index is 0.177. The van der Waals surface area contributed by atoms with Crippen LogP contribution in [0.25, 0.3) is 11.4 Å². The molecule has 0 saturated carbocycles. The summed E-state index contributed by atoms with van der Waals surface area (Å²) in [7, 11) is 0. The molecule has 146 valence electrons. The maximum Gasteiger partial charge on any atom is 0.294 e. The third kappa shape index (κ3) is 3.67. The largest absolute Gasteiger partial charge is 0.351 e. The third-order valence-electron chi connectivity index (χ3n) is 4.92. The lowest BCUT2D eigenvalue weighted by Gasteiger charge is -2.10. The molecule has 1 aliphatic heterocycles. The second-order valence-electron chi connectivity index (χ2n) is 7.32. The van der Waals surface area contributed by atoms with Gasteiger partial charge >= 0.3 is 0 Å². The Labute approximate surface area is 168 Å². The van der Waals surface area contributed by atoms with Crippen molar-refractivity contribution in [3.05, 3.63) is 46.6 Å². The number of rotatable bonds is 4. The molecule has 0 saturated heterocycles. The van der Waals surface area contributed by atoms with E-state index in [0.717, 1.165) is 48.7 Å². The lowest BCUT2D eigenvalue weighted by atomic mass is 10.1. The molecule has 0 atom stereocenters. The molecule has 3 aromatic rings. The van der Waals surface area contributed by atoms with Crippen LogP contribution in [-0.2, 0) is 13.0 Å². The van der Waals surface area contributed by atoms with Gasteiger partial charge in [0.25, 0.3) is 5.91 Å². The summed E-state index contributed by atoms with van der Waals surface area (Å²) in [5, 5.41) is 16.0. The molecular formula is C20H22ClN5O2. The number of anilines is 1. The van der Waals surface area contributed by atoms with E-state index in [1.54, 1.807) is 18.2 Å². The minimum Gasteiger partial charge on any atom is -0.351 e. The fourth-order valence-corrected chi connectivity index (χ4v) is 3.52. The van der Waals surface area contributed by atoms with Crippen molar-refractivity contribution in [2.45, 2.75) is 52.0 Å². The van der Waals surface area contributed by atoms with Crippen LogP contribution in [0.15, 0.2) is 28.8 Å². The zero-order valence-corrected chi connectivity index (χ0v) is 16.7. The van der Waals surface area contributed by atoms with Gasteiger partial charge in [0.05, 0.1) is 10.7 Å². The quantitative estimate of drug-likeness (QED) is 0.687. The van der Waals surface area contributed by atoms with Gasteiger partial charge in [0.15, 0.2) is 5.82 Å². The van der Waals surface area contributed by atoms with Crippen LogP contribution in [0.3, 0.4) is 0 Å². The van der Waals surface area contributed by atoms with Gasteiger partial charge in [-0.1, -0.05) is 37.0 Å². The van der Waals surface area contributed by atoms with Crippen molar-refractivity contribution >= 4 is 23.2 Å². The molecule has 1 amide bonds. The molecule has 4 rings (SSSR count). The number of carbonyl (C=O) groups excluding carboxylic acids is 1. The maximum atomic E-state index is 12.5. The number of aryl methyl sites for hydroxylation is 1. The number of amides is 1. The molecule has 1 aliphatic rings. The molecule has 8 heteroatoms. The molecule has 0 fully saturated rings. The lowest BCUT2D eigenvalue weighted by molar-refractivity contribution is 0.0988. The number of fused-ring (bicyclic) bond motifs is 1. The minimum atomic E-state index is -0.354. The van der Waals surface area contributed by atoms with Gasteiger partial charge < -0.3 is 14.4 Å². The van der Waals surface area contributed by atoms with E-state index < -0.39 is 0 Å². The van der Waals surface area contributed by atoms with Crippen molar-refractivity contribution in [3.8, 4) is 11.4 Å². The van der Waals surface area contributed by atoms with Crippen LogP contribution in [0.4, 0.5) is 5.69 Å². The number of aromatic nitrogens is 4. The van der Waals surface area contributed by atoms with E-state index in [0.29, 0.717) is 10.7 Å². The molecule has 0 aliphatic carbocycles. The second-order valence-corrected chi connectivity index (χ2v) is 7.73. The van der Waals surface area contributed by atoms with Crippen LogP contribution < -0.4 is 5.32 Å². The molecule has 0 radical (unpaired) electrons. The smallest absolute Gasteiger partial charge is 0.294 e. The Morgan fingerprint density at radius 2 is 2.07 bits per heavy atom. The van der Waals surface area contributed by atoms with E-state index in [9.17, 15) is 4.79 Å². The van der Waals surface area contributed by atoms with E-state index in [4.69, 9.17) is 16.1 Å². The highest BCUT2D eigenvalue weighted by atomic mass is 35.5. The normalized spacial score (nSPS) is 14.0. The summed E-state index contributed by atoms with van der Waals surface area (Å²) in [6.07, 6.45) is 4.32. The fraction of sp³-hybridized carbons (Fsp3) is 0.400. The van der Waals surface area contributed by atoms with Crippen molar-refractivity contribution in [2.75, 3.05) is 5.32 Å². The lowest BCUT2D eigenvalue weighted by Crippen LogP contribution is -2.11.